The average Bonchev–Trinajstić information content (AvgIpc) is 3.07. The molecule has 0 radical (unpaired) electrons. The van der Waals surface area contributed by atoms with Crippen LogP contribution < -0.4 is 4.72 Å². The fraction of sp³-hybridized carbons (Fsp3) is 0.0500. The largest absolute Gasteiger partial charge is 0.280 e. The van der Waals surface area contributed by atoms with Crippen molar-refractivity contribution >= 4 is 26.6 Å². The minimum Gasteiger partial charge on any atom is -0.280 e. The highest BCUT2D eigenvalue weighted by atomic mass is 32.2. The van der Waals surface area contributed by atoms with Crippen molar-refractivity contribution in [3.8, 4) is 5.69 Å². The molecule has 1 N–H and O–H groups in total. The zero-order valence-electron chi connectivity index (χ0n) is 14.7. The normalized spacial score (nSPS) is 11.7. The maximum Gasteiger partial charge on any atom is 0.261 e. The fourth-order valence-electron chi connectivity index (χ4n) is 2.84. The van der Waals surface area contributed by atoms with Crippen molar-refractivity contribution in [1.29, 1.82) is 0 Å². The van der Waals surface area contributed by atoms with E-state index in [1.54, 1.807) is 48.1 Å². The van der Waals surface area contributed by atoms with Gasteiger partial charge < -0.3 is 0 Å². The minimum absolute atomic E-state index is 0.155. The second kappa shape index (κ2) is 6.72. The smallest absolute Gasteiger partial charge is 0.261 e. The lowest BCUT2D eigenvalue weighted by molar-refractivity contribution is 0.593. The molecule has 0 atom stereocenters. The average molecular weight is 399 g/mol. The van der Waals surface area contributed by atoms with Crippen molar-refractivity contribution in [3.05, 3.63) is 84.1 Å². The molecule has 0 aliphatic rings. The van der Waals surface area contributed by atoms with Crippen molar-refractivity contribution in [2.75, 3.05) is 4.72 Å². The highest BCUT2D eigenvalue weighted by Gasteiger charge is 2.16. The molecule has 0 aliphatic heterocycles. The van der Waals surface area contributed by atoms with Gasteiger partial charge in [0.1, 0.15) is 11.6 Å². The summed E-state index contributed by atoms with van der Waals surface area (Å²) in [6.45, 7) is 1.56. The van der Waals surface area contributed by atoms with Crippen molar-refractivity contribution in [2.24, 2.45) is 0 Å². The van der Waals surface area contributed by atoms with Gasteiger partial charge in [0.05, 0.1) is 22.3 Å². The number of nitrogens with one attached hydrogen (secondary N) is 1. The number of rotatable bonds is 4. The molecule has 1 aromatic heterocycles. The molecular formula is C20H15F2N3O2S. The van der Waals surface area contributed by atoms with Crippen LogP contribution in [0.25, 0.3) is 16.6 Å². The van der Waals surface area contributed by atoms with E-state index in [9.17, 15) is 17.2 Å². The summed E-state index contributed by atoms with van der Waals surface area (Å²) in [5.74, 6) is -0.927. The van der Waals surface area contributed by atoms with Gasteiger partial charge in [-0.3, -0.25) is 4.72 Å². The minimum atomic E-state index is -3.93. The summed E-state index contributed by atoms with van der Waals surface area (Å²) in [7, 11) is -3.93. The fourth-order valence-corrected chi connectivity index (χ4v) is 3.90. The van der Waals surface area contributed by atoms with E-state index >= 15 is 0 Å². The Labute approximate surface area is 160 Å². The molecule has 1 heterocycles. The molecular weight excluding hydrogens is 384 g/mol. The van der Waals surface area contributed by atoms with E-state index < -0.39 is 15.8 Å². The third kappa shape index (κ3) is 3.34. The van der Waals surface area contributed by atoms with Crippen LogP contribution in [-0.4, -0.2) is 18.2 Å². The predicted molar refractivity (Wildman–Crippen MR) is 103 cm³/mol. The van der Waals surface area contributed by atoms with E-state index in [1.807, 2.05) is 0 Å². The number of halogens is 2. The van der Waals surface area contributed by atoms with Crippen molar-refractivity contribution < 1.29 is 17.2 Å². The summed E-state index contributed by atoms with van der Waals surface area (Å²) in [5, 5.41) is 4.97. The van der Waals surface area contributed by atoms with E-state index in [-0.39, 0.29) is 10.7 Å². The Bertz CT molecular complexity index is 1280. The van der Waals surface area contributed by atoms with Crippen molar-refractivity contribution in [3.63, 3.8) is 0 Å². The lowest BCUT2D eigenvalue weighted by Gasteiger charge is -2.09. The van der Waals surface area contributed by atoms with E-state index in [2.05, 4.69) is 9.82 Å². The first-order valence-electron chi connectivity index (χ1n) is 8.36. The molecule has 5 nitrogen and oxygen atoms in total. The second-order valence-corrected chi connectivity index (χ2v) is 8.01. The van der Waals surface area contributed by atoms with Crippen LogP contribution in [0.3, 0.4) is 0 Å². The summed E-state index contributed by atoms with van der Waals surface area (Å²) < 4.78 is 56.0. The van der Waals surface area contributed by atoms with E-state index in [0.717, 1.165) is 11.6 Å². The third-order valence-corrected chi connectivity index (χ3v) is 5.72. The molecule has 0 fully saturated rings. The van der Waals surface area contributed by atoms with Crippen LogP contribution in [0.2, 0.25) is 0 Å². The van der Waals surface area contributed by atoms with Gasteiger partial charge >= 0.3 is 0 Å². The Morgan fingerprint density at radius 2 is 1.71 bits per heavy atom. The first kappa shape index (κ1) is 18.1. The number of sulfonamides is 1. The van der Waals surface area contributed by atoms with Gasteiger partial charge in [-0.1, -0.05) is 6.07 Å². The lowest BCUT2D eigenvalue weighted by Crippen LogP contribution is -2.13. The molecule has 28 heavy (non-hydrogen) atoms. The van der Waals surface area contributed by atoms with Gasteiger partial charge in [0, 0.05) is 11.1 Å². The Kier molecular flexibility index (Phi) is 4.35. The standard InChI is InChI=1S/C20H15F2N3O2S/c1-13-2-8-18(11-19(13)22)28(26,27)24-16-5-9-20-14(10-16)12-23-25(20)17-6-3-15(21)4-7-17/h2-12,24H,1H3. The molecule has 0 aliphatic carbocycles. The summed E-state index contributed by atoms with van der Waals surface area (Å²) in [6.07, 6.45) is 1.59. The molecule has 8 heteroatoms. The number of hydrogen-bond donors (Lipinski definition) is 1. The third-order valence-electron chi connectivity index (χ3n) is 4.35. The second-order valence-electron chi connectivity index (χ2n) is 6.32. The number of benzene rings is 3. The van der Waals surface area contributed by atoms with E-state index in [0.29, 0.717) is 22.3 Å². The number of aryl methyl sites for hydroxylation is 1. The highest BCUT2D eigenvalue weighted by Crippen LogP contribution is 2.24. The molecule has 4 aromatic rings. The van der Waals surface area contributed by atoms with E-state index in [4.69, 9.17) is 0 Å². The zero-order valence-corrected chi connectivity index (χ0v) is 15.5. The summed E-state index contributed by atoms with van der Waals surface area (Å²) in [5.41, 5.74) is 2.11. The maximum atomic E-state index is 13.7. The number of anilines is 1. The van der Waals surface area contributed by atoms with Gasteiger partial charge in [-0.15, -0.1) is 0 Å². The SMILES string of the molecule is Cc1ccc(S(=O)(=O)Nc2ccc3c(cnn3-c3ccc(F)cc3)c2)cc1F. The number of hydrogen-bond acceptors (Lipinski definition) is 3. The summed E-state index contributed by atoms with van der Waals surface area (Å²) >= 11 is 0. The quantitative estimate of drug-likeness (QED) is 0.553. The molecule has 0 saturated carbocycles. The first-order valence-corrected chi connectivity index (χ1v) is 9.84. The molecule has 0 amide bonds. The lowest BCUT2D eigenvalue weighted by atomic mass is 10.2. The van der Waals surface area contributed by atoms with Gasteiger partial charge in [0.2, 0.25) is 0 Å². The van der Waals surface area contributed by atoms with Crippen LogP contribution in [0.4, 0.5) is 14.5 Å². The number of nitrogens with zero attached hydrogens (tertiary/aromatic N) is 2. The van der Waals surface area contributed by atoms with E-state index in [1.165, 1.54) is 24.3 Å². The molecule has 4 rings (SSSR count). The van der Waals surface area contributed by atoms with Gasteiger partial charge in [-0.2, -0.15) is 5.10 Å². The molecule has 0 unspecified atom stereocenters. The van der Waals surface area contributed by atoms with Gasteiger partial charge in [0.15, 0.2) is 0 Å². The van der Waals surface area contributed by atoms with Crippen LogP contribution in [0.5, 0.6) is 0 Å². The van der Waals surface area contributed by atoms with Gasteiger partial charge in [0.25, 0.3) is 10.0 Å². The van der Waals surface area contributed by atoms with Crippen molar-refractivity contribution in [1.82, 2.24) is 9.78 Å². The first-order chi connectivity index (χ1) is 13.3. The maximum absolute atomic E-state index is 13.7. The number of fused-ring (bicyclic) bond motifs is 1. The van der Waals surface area contributed by atoms with Gasteiger partial charge in [-0.25, -0.2) is 21.9 Å². The Morgan fingerprint density at radius 3 is 2.43 bits per heavy atom. The predicted octanol–water partition coefficient (Wildman–Crippen LogP) is 4.41. The molecule has 142 valence electrons. The van der Waals surface area contributed by atoms with Crippen LogP contribution in [0.15, 0.2) is 71.8 Å². The zero-order chi connectivity index (χ0) is 19.9. The topological polar surface area (TPSA) is 64.0 Å². The Morgan fingerprint density at radius 1 is 0.964 bits per heavy atom. The van der Waals surface area contributed by atoms with Crippen LogP contribution in [-0.2, 0) is 10.0 Å². The molecule has 0 bridgehead atoms. The van der Waals surface area contributed by atoms with Crippen molar-refractivity contribution in [2.45, 2.75) is 11.8 Å². The van der Waals surface area contributed by atoms with Crippen LogP contribution in [0.1, 0.15) is 5.56 Å². The monoisotopic (exact) mass is 399 g/mol. The molecule has 0 spiro atoms. The van der Waals surface area contributed by atoms with Gasteiger partial charge in [-0.05, 0) is 67.1 Å². The summed E-state index contributed by atoms with van der Waals surface area (Å²) in [4.78, 5) is -0.155. The number of aromatic nitrogens is 2. The highest BCUT2D eigenvalue weighted by molar-refractivity contribution is 7.92. The summed E-state index contributed by atoms with van der Waals surface area (Å²) in [6, 6.07) is 14.6. The Balaban J connectivity index is 1.67. The Hall–Kier alpha value is -3.26. The van der Waals surface area contributed by atoms with Crippen LogP contribution >= 0.6 is 0 Å². The molecule has 3 aromatic carbocycles. The van der Waals surface area contributed by atoms with Crippen LogP contribution in [0, 0.1) is 18.6 Å². The molecule has 0 saturated heterocycles.